The van der Waals surface area contributed by atoms with Crippen molar-refractivity contribution < 1.29 is 21.6 Å². The van der Waals surface area contributed by atoms with Gasteiger partial charge in [-0.1, -0.05) is 38.1 Å². The van der Waals surface area contributed by atoms with E-state index in [4.69, 9.17) is 5.14 Å². The maximum absolute atomic E-state index is 12.8. The van der Waals surface area contributed by atoms with Gasteiger partial charge >= 0.3 is 6.18 Å². The van der Waals surface area contributed by atoms with E-state index in [1.165, 1.54) is 30.5 Å². The van der Waals surface area contributed by atoms with Gasteiger partial charge in [-0.05, 0) is 35.4 Å². The predicted octanol–water partition coefficient (Wildman–Crippen LogP) is 4.25. The van der Waals surface area contributed by atoms with E-state index in [2.05, 4.69) is 4.98 Å². The zero-order chi connectivity index (χ0) is 20.0. The van der Waals surface area contributed by atoms with Gasteiger partial charge in [0.1, 0.15) is 4.90 Å². The van der Waals surface area contributed by atoms with E-state index in [1.807, 2.05) is 26.0 Å². The Bertz CT molecular complexity index is 1030. The Morgan fingerprint density at radius 2 is 1.56 bits per heavy atom. The van der Waals surface area contributed by atoms with E-state index < -0.39 is 21.8 Å². The minimum atomic E-state index is -4.40. The fraction of sp³-hybridized carbons (Fsp3) is 0.211. The van der Waals surface area contributed by atoms with Gasteiger partial charge in [0.05, 0.1) is 11.3 Å². The Balaban J connectivity index is 2.01. The first-order valence-corrected chi connectivity index (χ1v) is 9.54. The summed E-state index contributed by atoms with van der Waals surface area (Å²) in [5.41, 5.74) is 1.56. The lowest BCUT2D eigenvalue weighted by atomic mass is 9.95. The van der Waals surface area contributed by atoms with Crippen LogP contribution in [0, 0.1) is 5.41 Å². The van der Waals surface area contributed by atoms with Crippen molar-refractivity contribution in [1.29, 1.82) is 0 Å². The number of hydrogen-bond donors (Lipinski definition) is 1. The van der Waals surface area contributed by atoms with E-state index in [0.29, 0.717) is 11.3 Å². The van der Waals surface area contributed by atoms with Gasteiger partial charge in [0.25, 0.3) is 0 Å². The lowest BCUT2D eigenvalue weighted by Crippen LogP contribution is -2.12. The first kappa shape index (κ1) is 19.3. The number of benzene rings is 1. The molecule has 1 aromatic heterocycles. The zero-order valence-electron chi connectivity index (χ0n) is 14.6. The van der Waals surface area contributed by atoms with E-state index in [0.717, 1.165) is 23.3 Å². The number of nitrogens with two attached hydrogens (primary N) is 1. The molecule has 8 heteroatoms. The topological polar surface area (TPSA) is 73.1 Å². The molecule has 0 saturated heterocycles. The maximum Gasteiger partial charge on any atom is 0.416 e. The average molecular weight is 394 g/mol. The highest BCUT2D eigenvalue weighted by Gasteiger charge is 2.31. The molecule has 2 N–H and O–H groups in total. The fourth-order valence-corrected chi connectivity index (χ4v) is 3.40. The van der Waals surface area contributed by atoms with Crippen LogP contribution in [0.1, 0.15) is 30.7 Å². The second-order valence-electron chi connectivity index (χ2n) is 6.94. The van der Waals surface area contributed by atoms with Crippen LogP contribution < -0.4 is 5.14 Å². The number of alkyl halides is 3. The minimum Gasteiger partial charge on any atom is -0.255 e. The molecule has 0 unspecified atom stereocenters. The summed E-state index contributed by atoms with van der Waals surface area (Å²) in [5, 5.41) is 5.09. The molecular formula is C19H17F3N2O2S. The monoisotopic (exact) mass is 394 g/mol. The van der Waals surface area contributed by atoms with E-state index in [1.54, 1.807) is 0 Å². The molecule has 0 radical (unpaired) electrons. The quantitative estimate of drug-likeness (QED) is 0.846. The molecule has 1 aliphatic carbocycles. The molecule has 0 bridgehead atoms. The smallest absolute Gasteiger partial charge is 0.255 e. The van der Waals surface area contributed by atoms with Crippen LogP contribution in [0.2, 0.25) is 0 Å². The normalized spacial score (nSPS) is 16.8. The summed E-state index contributed by atoms with van der Waals surface area (Å²) in [7, 11) is -3.85. The number of allylic oxidation sites excluding steroid dienone is 4. The third-order valence-electron chi connectivity index (χ3n) is 4.19. The Morgan fingerprint density at radius 3 is 2.04 bits per heavy atom. The zero-order valence-corrected chi connectivity index (χ0v) is 15.4. The SMILES string of the molecule is CC1(C)C=C(c2ccc(C(F)(F)F)cc2)C(c2ccc(S(N)(=O)=O)cn2)=C1. The van der Waals surface area contributed by atoms with Gasteiger partial charge in [0.15, 0.2) is 0 Å². The highest BCUT2D eigenvalue weighted by Crippen LogP contribution is 2.43. The molecule has 1 aliphatic rings. The molecule has 0 saturated carbocycles. The van der Waals surface area contributed by atoms with Crippen LogP contribution in [0.25, 0.3) is 11.1 Å². The molecule has 142 valence electrons. The number of rotatable bonds is 3. The number of halogens is 3. The van der Waals surface area contributed by atoms with Crippen molar-refractivity contribution in [3.05, 3.63) is 71.6 Å². The van der Waals surface area contributed by atoms with E-state index in [-0.39, 0.29) is 10.3 Å². The molecule has 3 rings (SSSR count). The highest BCUT2D eigenvalue weighted by molar-refractivity contribution is 7.89. The number of nitrogens with zero attached hydrogens (tertiary/aromatic N) is 1. The minimum absolute atomic E-state index is 0.107. The molecule has 0 amide bonds. The number of hydrogen-bond acceptors (Lipinski definition) is 3. The van der Waals surface area contributed by atoms with Crippen LogP contribution in [0.5, 0.6) is 0 Å². The fourth-order valence-electron chi connectivity index (χ4n) is 2.94. The molecule has 1 heterocycles. The van der Waals surface area contributed by atoms with Crippen LogP contribution in [0.4, 0.5) is 13.2 Å². The maximum atomic E-state index is 12.8. The van der Waals surface area contributed by atoms with Crippen molar-refractivity contribution in [2.45, 2.75) is 24.9 Å². The second kappa shape index (κ2) is 6.31. The summed E-state index contributed by atoms with van der Waals surface area (Å²) >= 11 is 0. The van der Waals surface area contributed by atoms with Crippen molar-refractivity contribution in [2.24, 2.45) is 10.6 Å². The third kappa shape index (κ3) is 4.12. The lowest BCUT2D eigenvalue weighted by molar-refractivity contribution is -0.137. The van der Waals surface area contributed by atoms with Gasteiger partial charge in [-0.25, -0.2) is 13.6 Å². The Kier molecular flexibility index (Phi) is 4.52. The van der Waals surface area contributed by atoms with Crippen molar-refractivity contribution in [3.63, 3.8) is 0 Å². The van der Waals surface area contributed by atoms with Gasteiger partial charge in [-0.3, -0.25) is 4.98 Å². The van der Waals surface area contributed by atoms with Crippen molar-refractivity contribution in [3.8, 4) is 0 Å². The van der Waals surface area contributed by atoms with E-state index in [9.17, 15) is 21.6 Å². The summed E-state index contributed by atoms with van der Waals surface area (Å²) in [6, 6.07) is 7.80. The Labute approximate surface area is 155 Å². The van der Waals surface area contributed by atoms with Crippen LogP contribution in [0.15, 0.2) is 59.6 Å². The first-order valence-electron chi connectivity index (χ1n) is 8.00. The number of primary sulfonamides is 1. The summed E-state index contributed by atoms with van der Waals surface area (Å²) in [5.74, 6) is 0. The molecule has 0 fully saturated rings. The van der Waals surface area contributed by atoms with Crippen LogP contribution in [0.3, 0.4) is 0 Å². The summed E-state index contributed by atoms with van der Waals surface area (Å²) in [4.78, 5) is 4.07. The molecule has 2 aromatic rings. The largest absolute Gasteiger partial charge is 0.416 e. The molecule has 1 aromatic carbocycles. The number of sulfonamides is 1. The van der Waals surface area contributed by atoms with E-state index >= 15 is 0 Å². The van der Waals surface area contributed by atoms with Gasteiger partial charge < -0.3 is 0 Å². The number of aromatic nitrogens is 1. The molecule has 0 atom stereocenters. The van der Waals surface area contributed by atoms with Crippen molar-refractivity contribution in [2.75, 3.05) is 0 Å². The predicted molar refractivity (Wildman–Crippen MR) is 96.8 cm³/mol. The van der Waals surface area contributed by atoms with Crippen molar-refractivity contribution >= 4 is 21.2 Å². The lowest BCUT2D eigenvalue weighted by Gasteiger charge is -2.11. The van der Waals surface area contributed by atoms with Gasteiger partial charge in [0, 0.05) is 17.2 Å². The van der Waals surface area contributed by atoms with Crippen LogP contribution in [-0.2, 0) is 16.2 Å². The van der Waals surface area contributed by atoms with Crippen LogP contribution >= 0.6 is 0 Å². The molecule has 0 aliphatic heterocycles. The van der Waals surface area contributed by atoms with Crippen molar-refractivity contribution in [1.82, 2.24) is 4.98 Å². The van der Waals surface area contributed by atoms with Gasteiger partial charge in [0.2, 0.25) is 10.0 Å². The third-order valence-corrected chi connectivity index (χ3v) is 5.09. The summed E-state index contributed by atoms with van der Waals surface area (Å²) in [6.07, 6.45) is 0.659. The first-order chi connectivity index (χ1) is 12.4. The Morgan fingerprint density at radius 1 is 0.963 bits per heavy atom. The molecule has 0 spiro atoms. The Hall–Kier alpha value is -2.45. The van der Waals surface area contributed by atoms with Crippen LogP contribution in [-0.4, -0.2) is 13.4 Å². The van der Waals surface area contributed by atoms with Gasteiger partial charge in [-0.2, -0.15) is 13.2 Å². The van der Waals surface area contributed by atoms with Gasteiger partial charge in [-0.15, -0.1) is 0 Å². The summed E-state index contributed by atoms with van der Waals surface area (Å²) in [6.45, 7) is 3.92. The number of pyridine rings is 1. The molecule has 27 heavy (non-hydrogen) atoms. The standard InChI is InChI=1S/C19H17F3N2O2S/c1-18(2)9-15(12-3-5-13(6-4-12)19(20,21)22)16(10-18)17-8-7-14(11-24-17)27(23,25)26/h3-11H,1-2H3,(H2,23,25,26). The highest BCUT2D eigenvalue weighted by atomic mass is 32.2. The average Bonchev–Trinajstić information content (AvgIpc) is 2.89. The second-order valence-corrected chi connectivity index (χ2v) is 8.50. The summed E-state index contributed by atoms with van der Waals surface area (Å²) < 4.78 is 61.2. The molecular weight excluding hydrogens is 377 g/mol. The molecule has 4 nitrogen and oxygen atoms in total.